The third-order valence-corrected chi connectivity index (χ3v) is 2.10. The van der Waals surface area contributed by atoms with Crippen molar-refractivity contribution in [1.29, 1.82) is 0 Å². The molecule has 1 N–H and O–H groups in total. The Morgan fingerprint density at radius 3 is 2.67 bits per heavy atom. The minimum Gasteiger partial charge on any atom is -0.433 e. The largest absolute Gasteiger partial charge is 0.433 e. The predicted octanol–water partition coefficient (Wildman–Crippen LogP) is 2.10. The van der Waals surface area contributed by atoms with E-state index in [-0.39, 0.29) is 11.8 Å². The quantitative estimate of drug-likeness (QED) is 0.834. The second-order valence-corrected chi connectivity index (χ2v) is 3.25. The molecule has 15 heavy (non-hydrogen) atoms. The average molecular weight is 215 g/mol. The molecule has 0 spiro atoms. The van der Waals surface area contributed by atoms with Gasteiger partial charge in [0.25, 0.3) is 0 Å². The SMILES string of the molecule is FC(F)Oc1ccccc1NC1COC1. The van der Waals surface area contributed by atoms with Gasteiger partial charge in [0.15, 0.2) is 0 Å². The Bertz CT molecular complexity index is 329. The lowest BCUT2D eigenvalue weighted by molar-refractivity contribution is -0.0495. The van der Waals surface area contributed by atoms with Crippen LogP contribution in [-0.2, 0) is 4.74 Å². The topological polar surface area (TPSA) is 30.5 Å². The van der Waals surface area contributed by atoms with E-state index in [1.54, 1.807) is 18.2 Å². The van der Waals surface area contributed by atoms with Gasteiger partial charge in [-0.2, -0.15) is 8.78 Å². The van der Waals surface area contributed by atoms with Crippen molar-refractivity contribution in [1.82, 2.24) is 0 Å². The summed E-state index contributed by atoms with van der Waals surface area (Å²) in [6.45, 7) is -1.60. The van der Waals surface area contributed by atoms with Crippen molar-refractivity contribution in [3.63, 3.8) is 0 Å². The summed E-state index contributed by atoms with van der Waals surface area (Å²) in [5.41, 5.74) is 0.575. The molecule has 1 fully saturated rings. The van der Waals surface area contributed by atoms with Crippen molar-refractivity contribution < 1.29 is 18.3 Å². The van der Waals surface area contributed by atoms with Crippen molar-refractivity contribution in [2.45, 2.75) is 12.7 Å². The third kappa shape index (κ3) is 2.56. The van der Waals surface area contributed by atoms with Crippen molar-refractivity contribution in [2.24, 2.45) is 0 Å². The van der Waals surface area contributed by atoms with Crippen molar-refractivity contribution in [3.8, 4) is 5.75 Å². The highest BCUT2D eigenvalue weighted by Crippen LogP contribution is 2.26. The fourth-order valence-electron chi connectivity index (χ4n) is 1.32. The maximum atomic E-state index is 12.1. The predicted molar refractivity (Wildman–Crippen MR) is 51.3 cm³/mol. The number of nitrogens with one attached hydrogen (secondary N) is 1. The molecule has 1 saturated heterocycles. The van der Waals surface area contributed by atoms with E-state index in [9.17, 15) is 8.78 Å². The number of benzene rings is 1. The molecule has 1 heterocycles. The second kappa shape index (κ2) is 4.44. The summed E-state index contributed by atoms with van der Waals surface area (Å²) in [5, 5.41) is 3.07. The van der Waals surface area contributed by atoms with E-state index in [0.717, 1.165) is 0 Å². The summed E-state index contributed by atoms with van der Waals surface area (Å²) in [6.07, 6.45) is 0. The highest BCUT2D eigenvalue weighted by atomic mass is 19.3. The summed E-state index contributed by atoms with van der Waals surface area (Å²) in [6, 6.07) is 6.82. The summed E-state index contributed by atoms with van der Waals surface area (Å²) in [4.78, 5) is 0. The molecule has 2 rings (SSSR count). The molecule has 0 atom stereocenters. The number of halogens is 2. The van der Waals surface area contributed by atoms with Crippen LogP contribution < -0.4 is 10.1 Å². The zero-order valence-corrected chi connectivity index (χ0v) is 7.95. The van der Waals surface area contributed by atoms with E-state index in [2.05, 4.69) is 10.1 Å². The molecule has 1 aromatic rings. The molecule has 0 saturated carbocycles. The number of rotatable bonds is 4. The lowest BCUT2D eigenvalue weighted by atomic mass is 10.2. The number of hydrogen-bond donors (Lipinski definition) is 1. The van der Waals surface area contributed by atoms with E-state index >= 15 is 0 Å². The molecule has 0 bridgehead atoms. The van der Waals surface area contributed by atoms with Crippen LogP contribution >= 0.6 is 0 Å². The first kappa shape index (κ1) is 10.2. The Hall–Kier alpha value is -1.36. The highest BCUT2D eigenvalue weighted by molar-refractivity contribution is 5.57. The molecule has 5 heteroatoms. The summed E-state index contributed by atoms with van der Waals surface area (Å²) < 4.78 is 33.5. The summed E-state index contributed by atoms with van der Waals surface area (Å²) in [7, 11) is 0. The van der Waals surface area contributed by atoms with Gasteiger partial charge in [0.1, 0.15) is 5.75 Å². The number of alkyl halides is 2. The van der Waals surface area contributed by atoms with Gasteiger partial charge in [-0.1, -0.05) is 12.1 Å². The monoisotopic (exact) mass is 215 g/mol. The standard InChI is InChI=1S/C10H11F2NO2/c11-10(12)15-9-4-2-1-3-8(9)13-7-5-14-6-7/h1-4,7,10,13H,5-6H2. The molecular weight excluding hydrogens is 204 g/mol. The van der Waals surface area contributed by atoms with Crippen LogP contribution in [0.15, 0.2) is 24.3 Å². The average Bonchev–Trinajstić information content (AvgIpc) is 2.13. The van der Waals surface area contributed by atoms with Crippen molar-refractivity contribution in [3.05, 3.63) is 24.3 Å². The lowest BCUT2D eigenvalue weighted by Gasteiger charge is -2.28. The first-order valence-electron chi connectivity index (χ1n) is 4.64. The lowest BCUT2D eigenvalue weighted by Crippen LogP contribution is -2.40. The van der Waals surface area contributed by atoms with Gasteiger partial charge in [-0.25, -0.2) is 0 Å². The normalized spacial score (nSPS) is 16.2. The second-order valence-electron chi connectivity index (χ2n) is 3.25. The van der Waals surface area contributed by atoms with Gasteiger partial charge in [-0.15, -0.1) is 0 Å². The number of anilines is 1. The van der Waals surface area contributed by atoms with Gasteiger partial charge >= 0.3 is 6.61 Å². The Labute approximate surface area is 86.0 Å². The van der Waals surface area contributed by atoms with E-state index < -0.39 is 6.61 Å². The molecule has 0 unspecified atom stereocenters. The minimum absolute atomic E-state index is 0.166. The molecule has 82 valence electrons. The fourth-order valence-corrected chi connectivity index (χ4v) is 1.32. The first-order chi connectivity index (χ1) is 7.25. The Kier molecular flexibility index (Phi) is 3.01. The molecular formula is C10H11F2NO2. The van der Waals surface area contributed by atoms with Gasteiger partial charge < -0.3 is 14.8 Å². The number of hydrogen-bond acceptors (Lipinski definition) is 3. The molecule has 1 aliphatic rings. The van der Waals surface area contributed by atoms with Crippen molar-refractivity contribution in [2.75, 3.05) is 18.5 Å². The van der Waals surface area contributed by atoms with E-state index in [0.29, 0.717) is 18.9 Å². The molecule has 3 nitrogen and oxygen atoms in total. The van der Waals surface area contributed by atoms with E-state index in [4.69, 9.17) is 4.74 Å². The van der Waals surface area contributed by atoms with Gasteiger partial charge in [-0.3, -0.25) is 0 Å². The zero-order chi connectivity index (χ0) is 10.7. The maximum absolute atomic E-state index is 12.1. The highest BCUT2D eigenvalue weighted by Gasteiger charge is 2.19. The maximum Gasteiger partial charge on any atom is 0.387 e. The fraction of sp³-hybridized carbons (Fsp3) is 0.400. The minimum atomic E-state index is -2.80. The zero-order valence-electron chi connectivity index (χ0n) is 7.95. The molecule has 0 aromatic heterocycles. The van der Waals surface area contributed by atoms with Crippen LogP contribution in [0.4, 0.5) is 14.5 Å². The smallest absolute Gasteiger partial charge is 0.387 e. The van der Waals surface area contributed by atoms with Crippen LogP contribution in [0, 0.1) is 0 Å². The molecule has 1 aromatic carbocycles. The van der Waals surface area contributed by atoms with Gasteiger partial charge in [-0.05, 0) is 12.1 Å². The van der Waals surface area contributed by atoms with Crippen LogP contribution in [0.1, 0.15) is 0 Å². The first-order valence-corrected chi connectivity index (χ1v) is 4.64. The van der Waals surface area contributed by atoms with Gasteiger partial charge in [0.05, 0.1) is 24.9 Å². The number of para-hydroxylation sites is 2. The van der Waals surface area contributed by atoms with Crippen molar-refractivity contribution >= 4 is 5.69 Å². The van der Waals surface area contributed by atoms with Gasteiger partial charge in [0, 0.05) is 0 Å². The van der Waals surface area contributed by atoms with Crippen LogP contribution in [0.2, 0.25) is 0 Å². The number of ether oxygens (including phenoxy) is 2. The van der Waals surface area contributed by atoms with E-state index in [1.807, 2.05) is 0 Å². The van der Waals surface area contributed by atoms with Gasteiger partial charge in [0.2, 0.25) is 0 Å². The molecule has 0 aliphatic carbocycles. The molecule has 0 amide bonds. The van der Waals surface area contributed by atoms with Crippen LogP contribution in [0.5, 0.6) is 5.75 Å². The molecule has 1 aliphatic heterocycles. The Balaban J connectivity index is 2.06. The Morgan fingerprint density at radius 2 is 2.07 bits per heavy atom. The van der Waals surface area contributed by atoms with E-state index in [1.165, 1.54) is 6.07 Å². The molecule has 0 radical (unpaired) electrons. The Morgan fingerprint density at radius 1 is 1.33 bits per heavy atom. The summed E-state index contributed by atoms with van der Waals surface area (Å²) in [5.74, 6) is 0.166. The third-order valence-electron chi connectivity index (χ3n) is 2.10. The summed E-state index contributed by atoms with van der Waals surface area (Å²) >= 11 is 0. The van der Waals surface area contributed by atoms with Crippen LogP contribution in [0.25, 0.3) is 0 Å². The van der Waals surface area contributed by atoms with Crippen LogP contribution in [0.3, 0.4) is 0 Å². The van der Waals surface area contributed by atoms with Crippen LogP contribution in [-0.4, -0.2) is 25.9 Å².